The van der Waals surface area contributed by atoms with Gasteiger partial charge in [0, 0.05) is 12.1 Å². The number of nitro benzene ring substituents is 1. The smallest absolute Gasteiger partial charge is 0.277 e. The highest BCUT2D eigenvalue weighted by Crippen LogP contribution is 2.60. The van der Waals surface area contributed by atoms with Crippen LogP contribution in [0.4, 0.5) is 5.69 Å². The largest absolute Gasteiger partial charge is 0.484 e. The molecule has 4 aliphatic carbocycles. The van der Waals surface area contributed by atoms with E-state index in [9.17, 15) is 14.9 Å². The molecule has 166 valence electrons. The van der Waals surface area contributed by atoms with Crippen LogP contribution in [0.25, 0.3) is 0 Å². The van der Waals surface area contributed by atoms with Gasteiger partial charge < -0.3 is 4.74 Å². The van der Waals surface area contributed by atoms with Gasteiger partial charge in [-0.15, -0.1) is 0 Å². The van der Waals surface area contributed by atoms with Crippen LogP contribution in [-0.2, 0) is 10.2 Å². The number of non-ortho nitro benzene ring substituents is 1. The lowest BCUT2D eigenvalue weighted by Crippen LogP contribution is -2.48. The molecule has 0 aliphatic heterocycles. The number of carbonyl (C=O) groups is 1. The molecule has 7 nitrogen and oxygen atoms in total. The molecular weight excluding hydrogens is 406 g/mol. The topological polar surface area (TPSA) is 93.8 Å². The van der Waals surface area contributed by atoms with Crippen molar-refractivity contribution >= 4 is 17.8 Å². The van der Waals surface area contributed by atoms with Crippen LogP contribution < -0.4 is 10.2 Å². The highest BCUT2D eigenvalue weighted by atomic mass is 16.6. The number of ether oxygens (including phenoxy) is 1. The number of amides is 1. The Morgan fingerprint density at radius 3 is 2.19 bits per heavy atom. The number of hydrogen-bond acceptors (Lipinski definition) is 5. The number of carbonyl (C=O) groups excluding carboxylic acids is 1. The van der Waals surface area contributed by atoms with Gasteiger partial charge in [-0.25, -0.2) is 5.43 Å². The lowest BCUT2D eigenvalue weighted by Gasteiger charge is -2.57. The van der Waals surface area contributed by atoms with E-state index < -0.39 is 4.92 Å². The summed E-state index contributed by atoms with van der Waals surface area (Å²) >= 11 is 0. The number of benzene rings is 2. The molecular formula is C25H27N3O4. The number of nitrogens with zero attached hydrogens (tertiary/aromatic N) is 2. The van der Waals surface area contributed by atoms with Crippen molar-refractivity contribution in [3.05, 3.63) is 69.8 Å². The molecule has 0 unspecified atom stereocenters. The summed E-state index contributed by atoms with van der Waals surface area (Å²) in [5.41, 5.74) is 4.86. The van der Waals surface area contributed by atoms with Gasteiger partial charge in [0.2, 0.25) is 0 Å². The summed E-state index contributed by atoms with van der Waals surface area (Å²) in [5.74, 6) is 3.04. The van der Waals surface area contributed by atoms with Gasteiger partial charge in [-0.05, 0) is 97.1 Å². The van der Waals surface area contributed by atoms with Crippen molar-refractivity contribution in [1.29, 1.82) is 0 Å². The number of hydrazone groups is 1. The van der Waals surface area contributed by atoms with Crippen LogP contribution in [0.5, 0.6) is 5.75 Å². The fourth-order valence-corrected chi connectivity index (χ4v) is 6.41. The normalized spacial score (nSPS) is 28.1. The minimum atomic E-state index is -0.463. The molecule has 0 heterocycles. The summed E-state index contributed by atoms with van der Waals surface area (Å²) in [7, 11) is 0. The van der Waals surface area contributed by atoms with Crippen molar-refractivity contribution in [2.75, 3.05) is 6.61 Å². The molecule has 2 aromatic carbocycles. The van der Waals surface area contributed by atoms with Gasteiger partial charge in [0.05, 0.1) is 11.1 Å². The fraction of sp³-hybridized carbons (Fsp3) is 0.440. The molecule has 32 heavy (non-hydrogen) atoms. The van der Waals surface area contributed by atoms with Crippen molar-refractivity contribution in [2.45, 2.75) is 43.9 Å². The third kappa shape index (κ3) is 4.24. The van der Waals surface area contributed by atoms with E-state index in [1.54, 1.807) is 12.1 Å². The van der Waals surface area contributed by atoms with Gasteiger partial charge in [-0.1, -0.05) is 12.1 Å². The van der Waals surface area contributed by atoms with E-state index in [0.29, 0.717) is 16.7 Å². The summed E-state index contributed by atoms with van der Waals surface area (Å²) in [6.07, 6.45) is 9.71. The first-order valence-electron chi connectivity index (χ1n) is 11.3. The first-order valence-corrected chi connectivity index (χ1v) is 11.3. The van der Waals surface area contributed by atoms with Crippen LogP contribution in [0.15, 0.2) is 53.6 Å². The van der Waals surface area contributed by atoms with Crippen molar-refractivity contribution in [1.82, 2.24) is 5.43 Å². The standard InChI is InChI=1S/C25H27N3O4/c29-24(27-26-15-17-1-5-22(6-2-17)28(30)31)16-32-23-7-3-21(4-8-23)25-12-18-9-19(13-25)11-20(10-18)14-25/h1-8,15,18-20H,9-14,16H2,(H,27,29)/b26-15-. The predicted octanol–water partition coefficient (Wildman–Crippen LogP) is 4.59. The van der Waals surface area contributed by atoms with Crippen LogP contribution in [0.1, 0.15) is 49.7 Å². The zero-order valence-corrected chi connectivity index (χ0v) is 17.9. The number of nitrogens with one attached hydrogen (secondary N) is 1. The van der Waals surface area contributed by atoms with Crippen LogP contribution in [0.3, 0.4) is 0 Å². The van der Waals surface area contributed by atoms with E-state index in [1.165, 1.54) is 62.4 Å². The van der Waals surface area contributed by atoms with Gasteiger partial charge in [0.1, 0.15) is 5.75 Å². The molecule has 0 spiro atoms. The Kier molecular flexibility index (Phi) is 5.41. The second-order valence-electron chi connectivity index (χ2n) is 9.65. The highest BCUT2D eigenvalue weighted by Gasteiger charge is 2.51. The zero-order valence-electron chi connectivity index (χ0n) is 17.9. The Hall–Kier alpha value is -3.22. The maximum absolute atomic E-state index is 12.0. The van der Waals surface area contributed by atoms with E-state index in [2.05, 4.69) is 22.7 Å². The second kappa shape index (κ2) is 8.37. The lowest BCUT2D eigenvalue weighted by atomic mass is 9.48. The van der Waals surface area contributed by atoms with Gasteiger partial charge in [0.25, 0.3) is 11.6 Å². The molecule has 4 bridgehead atoms. The summed E-state index contributed by atoms with van der Waals surface area (Å²) < 4.78 is 5.63. The maximum Gasteiger partial charge on any atom is 0.277 e. The van der Waals surface area contributed by atoms with Crippen LogP contribution in [-0.4, -0.2) is 23.7 Å². The average Bonchev–Trinajstić information content (AvgIpc) is 2.77. The second-order valence-corrected chi connectivity index (χ2v) is 9.65. The Balaban J connectivity index is 1.12. The Bertz CT molecular complexity index is 995. The van der Waals surface area contributed by atoms with Crippen molar-refractivity contribution in [3.8, 4) is 5.75 Å². The summed E-state index contributed by atoms with van der Waals surface area (Å²) in [6, 6.07) is 14.2. The minimum absolute atomic E-state index is 0.00814. The van der Waals surface area contributed by atoms with Gasteiger partial charge in [0.15, 0.2) is 6.61 Å². The van der Waals surface area contributed by atoms with Crippen molar-refractivity contribution in [2.24, 2.45) is 22.9 Å². The lowest BCUT2D eigenvalue weighted by molar-refractivity contribution is -0.384. The predicted molar refractivity (Wildman–Crippen MR) is 121 cm³/mol. The van der Waals surface area contributed by atoms with E-state index in [-0.39, 0.29) is 18.2 Å². The molecule has 4 aliphatic rings. The van der Waals surface area contributed by atoms with Crippen molar-refractivity contribution < 1.29 is 14.5 Å². The molecule has 4 fully saturated rings. The monoisotopic (exact) mass is 433 g/mol. The van der Waals surface area contributed by atoms with Crippen molar-refractivity contribution in [3.63, 3.8) is 0 Å². The summed E-state index contributed by atoms with van der Waals surface area (Å²) in [6.45, 7) is -0.131. The van der Waals surface area contributed by atoms with Gasteiger partial charge >= 0.3 is 0 Å². The van der Waals surface area contributed by atoms with Gasteiger partial charge in [-0.3, -0.25) is 14.9 Å². The third-order valence-electron chi connectivity index (χ3n) is 7.38. The molecule has 0 atom stereocenters. The zero-order chi connectivity index (χ0) is 22.1. The Morgan fingerprint density at radius 2 is 1.62 bits per heavy atom. The third-order valence-corrected chi connectivity index (χ3v) is 7.38. The first-order chi connectivity index (χ1) is 15.5. The van der Waals surface area contributed by atoms with E-state index in [4.69, 9.17) is 4.74 Å². The number of nitro groups is 1. The molecule has 6 rings (SSSR count). The Morgan fingerprint density at radius 1 is 1.03 bits per heavy atom. The molecule has 7 heteroatoms. The summed E-state index contributed by atoms with van der Waals surface area (Å²) in [5, 5.41) is 14.5. The molecule has 4 saturated carbocycles. The fourth-order valence-electron chi connectivity index (χ4n) is 6.41. The molecule has 1 amide bonds. The minimum Gasteiger partial charge on any atom is -0.484 e. The quantitative estimate of drug-likeness (QED) is 0.392. The molecule has 2 aromatic rings. The molecule has 1 N–H and O–H groups in total. The van der Waals surface area contributed by atoms with Gasteiger partial charge in [-0.2, -0.15) is 5.10 Å². The Labute approximate surface area is 187 Å². The molecule has 0 saturated heterocycles. The van der Waals surface area contributed by atoms with Crippen LogP contribution in [0.2, 0.25) is 0 Å². The van der Waals surface area contributed by atoms with E-state index in [0.717, 1.165) is 17.8 Å². The highest BCUT2D eigenvalue weighted by molar-refractivity contribution is 5.83. The number of rotatable bonds is 7. The van der Waals surface area contributed by atoms with Crippen LogP contribution in [0, 0.1) is 27.9 Å². The number of hydrogen-bond donors (Lipinski definition) is 1. The molecule has 0 radical (unpaired) electrons. The van der Waals surface area contributed by atoms with E-state index >= 15 is 0 Å². The van der Waals surface area contributed by atoms with E-state index in [1.807, 2.05) is 12.1 Å². The maximum atomic E-state index is 12.0. The van der Waals surface area contributed by atoms with Crippen LogP contribution >= 0.6 is 0 Å². The average molecular weight is 434 g/mol. The summed E-state index contributed by atoms with van der Waals surface area (Å²) in [4.78, 5) is 22.2. The SMILES string of the molecule is O=C(COc1ccc(C23CC4CC(CC(C4)C2)C3)cc1)N/N=C\c1ccc([N+](=O)[O-])cc1. The molecule has 0 aromatic heterocycles. The first kappa shape index (κ1) is 20.7.